The van der Waals surface area contributed by atoms with Crippen LogP contribution < -0.4 is 5.32 Å². The summed E-state index contributed by atoms with van der Waals surface area (Å²) in [5.74, 6) is 0.822. The van der Waals surface area contributed by atoms with Gasteiger partial charge in [0.1, 0.15) is 10.8 Å². The Morgan fingerprint density at radius 2 is 2.22 bits per heavy atom. The van der Waals surface area contributed by atoms with Gasteiger partial charge in [-0.1, -0.05) is 11.6 Å². The highest BCUT2D eigenvalue weighted by molar-refractivity contribution is 7.10. The van der Waals surface area contributed by atoms with Crippen LogP contribution in [-0.2, 0) is 0 Å². The van der Waals surface area contributed by atoms with Crippen LogP contribution in [0.2, 0.25) is 5.02 Å². The SMILES string of the molecule is CNc1snc(C)c1-c1nc2ccc(Cl)cc2[nH]1. The lowest BCUT2D eigenvalue weighted by atomic mass is 10.2. The molecule has 0 unspecified atom stereocenters. The van der Waals surface area contributed by atoms with Crippen LogP contribution in [0.5, 0.6) is 0 Å². The fourth-order valence-corrected chi connectivity index (χ4v) is 2.84. The Hall–Kier alpha value is -1.59. The average molecular weight is 279 g/mol. The van der Waals surface area contributed by atoms with E-state index in [1.807, 2.05) is 32.2 Å². The van der Waals surface area contributed by atoms with Gasteiger partial charge in [0, 0.05) is 12.1 Å². The summed E-state index contributed by atoms with van der Waals surface area (Å²) in [6, 6.07) is 5.62. The van der Waals surface area contributed by atoms with E-state index in [0.29, 0.717) is 5.02 Å². The molecule has 2 aromatic heterocycles. The minimum Gasteiger partial charge on any atom is -0.378 e. The molecule has 92 valence electrons. The molecule has 0 saturated carbocycles. The monoisotopic (exact) mass is 278 g/mol. The fraction of sp³-hybridized carbons (Fsp3) is 0.167. The van der Waals surface area contributed by atoms with E-state index in [4.69, 9.17) is 11.6 Å². The van der Waals surface area contributed by atoms with Gasteiger partial charge in [0.25, 0.3) is 0 Å². The first-order chi connectivity index (χ1) is 8.69. The molecule has 18 heavy (non-hydrogen) atoms. The van der Waals surface area contributed by atoms with Gasteiger partial charge in [-0.3, -0.25) is 0 Å². The molecular formula is C12H11ClN4S. The van der Waals surface area contributed by atoms with Crippen molar-refractivity contribution in [3.8, 4) is 11.4 Å². The van der Waals surface area contributed by atoms with Crippen LogP contribution >= 0.6 is 23.1 Å². The molecule has 0 fully saturated rings. The van der Waals surface area contributed by atoms with E-state index < -0.39 is 0 Å². The molecule has 2 heterocycles. The minimum atomic E-state index is 0.701. The molecule has 2 N–H and O–H groups in total. The molecule has 0 radical (unpaired) electrons. The third kappa shape index (κ3) is 1.76. The number of rotatable bonds is 2. The Balaban J connectivity index is 2.22. The average Bonchev–Trinajstić information content (AvgIpc) is 2.91. The highest BCUT2D eigenvalue weighted by Gasteiger charge is 2.15. The van der Waals surface area contributed by atoms with E-state index in [0.717, 1.165) is 33.1 Å². The summed E-state index contributed by atoms with van der Waals surface area (Å²) in [6.07, 6.45) is 0. The largest absolute Gasteiger partial charge is 0.378 e. The number of hydrogen-bond donors (Lipinski definition) is 2. The quantitative estimate of drug-likeness (QED) is 0.752. The summed E-state index contributed by atoms with van der Waals surface area (Å²) < 4.78 is 4.34. The first kappa shape index (κ1) is 11.5. The summed E-state index contributed by atoms with van der Waals surface area (Å²) in [6.45, 7) is 1.98. The first-order valence-corrected chi connectivity index (χ1v) is 6.64. The molecule has 3 aromatic rings. The predicted octanol–water partition coefficient (Wildman–Crippen LogP) is 3.69. The van der Waals surface area contributed by atoms with Crippen molar-refractivity contribution >= 4 is 39.2 Å². The molecule has 0 spiro atoms. The Morgan fingerprint density at radius 3 is 3.00 bits per heavy atom. The molecule has 4 nitrogen and oxygen atoms in total. The lowest BCUT2D eigenvalue weighted by molar-refractivity contribution is 1.28. The maximum atomic E-state index is 5.97. The lowest BCUT2D eigenvalue weighted by Crippen LogP contribution is -1.89. The summed E-state index contributed by atoms with van der Waals surface area (Å²) in [4.78, 5) is 7.86. The smallest absolute Gasteiger partial charge is 0.143 e. The number of benzene rings is 1. The number of nitrogens with zero attached hydrogens (tertiary/aromatic N) is 2. The summed E-state index contributed by atoms with van der Waals surface area (Å²) >= 11 is 7.41. The van der Waals surface area contributed by atoms with Gasteiger partial charge >= 0.3 is 0 Å². The number of aromatic amines is 1. The van der Waals surface area contributed by atoms with Gasteiger partial charge in [-0.2, -0.15) is 4.37 Å². The lowest BCUT2D eigenvalue weighted by Gasteiger charge is -1.98. The number of hydrogen-bond acceptors (Lipinski definition) is 4. The normalized spacial score (nSPS) is 11.1. The van der Waals surface area contributed by atoms with E-state index in [9.17, 15) is 0 Å². The number of anilines is 1. The minimum absolute atomic E-state index is 0.701. The van der Waals surface area contributed by atoms with Crippen LogP contribution in [0.4, 0.5) is 5.00 Å². The van der Waals surface area contributed by atoms with Crippen molar-refractivity contribution in [2.45, 2.75) is 6.92 Å². The number of aryl methyl sites for hydroxylation is 1. The van der Waals surface area contributed by atoms with E-state index in [2.05, 4.69) is 19.7 Å². The second kappa shape index (κ2) is 4.26. The molecule has 6 heteroatoms. The molecule has 0 atom stereocenters. The van der Waals surface area contributed by atoms with Crippen molar-refractivity contribution in [3.63, 3.8) is 0 Å². The number of imidazole rings is 1. The van der Waals surface area contributed by atoms with E-state index in [1.54, 1.807) is 0 Å². The van der Waals surface area contributed by atoms with Gasteiger partial charge in [0.05, 0.1) is 22.3 Å². The Bertz CT molecular complexity index is 716. The van der Waals surface area contributed by atoms with Gasteiger partial charge in [-0.25, -0.2) is 4.98 Å². The van der Waals surface area contributed by atoms with Gasteiger partial charge in [0.15, 0.2) is 0 Å². The molecular weight excluding hydrogens is 268 g/mol. The van der Waals surface area contributed by atoms with Crippen LogP contribution in [0.25, 0.3) is 22.4 Å². The second-order valence-electron chi connectivity index (χ2n) is 3.97. The fourth-order valence-electron chi connectivity index (χ4n) is 1.92. The predicted molar refractivity (Wildman–Crippen MR) is 76.5 cm³/mol. The molecule has 0 saturated heterocycles. The zero-order valence-corrected chi connectivity index (χ0v) is 11.5. The van der Waals surface area contributed by atoms with Crippen molar-refractivity contribution in [1.29, 1.82) is 0 Å². The Kier molecular flexibility index (Phi) is 2.72. The van der Waals surface area contributed by atoms with Crippen LogP contribution in [0, 0.1) is 6.92 Å². The third-order valence-electron chi connectivity index (χ3n) is 2.77. The van der Waals surface area contributed by atoms with Crippen molar-refractivity contribution in [3.05, 3.63) is 28.9 Å². The van der Waals surface area contributed by atoms with Gasteiger partial charge in [-0.05, 0) is 36.7 Å². The van der Waals surface area contributed by atoms with E-state index in [1.165, 1.54) is 11.5 Å². The van der Waals surface area contributed by atoms with Gasteiger partial charge in [-0.15, -0.1) is 0 Å². The highest BCUT2D eigenvalue weighted by Crippen LogP contribution is 2.33. The number of H-pyrrole nitrogens is 1. The van der Waals surface area contributed by atoms with E-state index >= 15 is 0 Å². The molecule has 3 rings (SSSR count). The standard InChI is InChI=1S/C12H11ClN4S/c1-6-10(12(14-2)18-17-6)11-15-8-4-3-7(13)5-9(8)16-11/h3-5,14H,1-2H3,(H,15,16). The van der Waals surface area contributed by atoms with Crippen molar-refractivity contribution in [2.75, 3.05) is 12.4 Å². The van der Waals surface area contributed by atoms with Crippen molar-refractivity contribution in [2.24, 2.45) is 0 Å². The van der Waals surface area contributed by atoms with Gasteiger partial charge < -0.3 is 10.3 Å². The van der Waals surface area contributed by atoms with Crippen LogP contribution in [0.1, 0.15) is 5.69 Å². The Labute approximate surface area is 113 Å². The number of halogens is 1. The zero-order valence-electron chi connectivity index (χ0n) is 9.91. The number of nitrogens with one attached hydrogen (secondary N) is 2. The molecule has 0 bridgehead atoms. The maximum absolute atomic E-state index is 5.97. The van der Waals surface area contributed by atoms with Crippen LogP contribution in [0.3, 0.4) is 0 Å². The summed E-state index contributed by atoms with van der Waals surface area (Å²) in [7, 11) is 1.88. The topological polar surface area (TPSA) is 53.6 Å². The number of fused-ring (bicyclic) bond motifs is 1. The molecule has 0 aliphatic heterocycles. The van der Waals surface area contributed by atoms with Crippen molar-refractivity contribution in [1.82, 2.24) is 14.3 Å². The summed E-state index contributed by atoms with van der Waals surface area (Å²) in [5, 5.41) is 4.85. The van der Waals surface area contributed by atoms with Crippen molar-refractivity contribution < 1.29 is 0 Å². The van der Waals surface area contributed by atoms with Crippen LogP contribution in [0.15, 0.2) is 18.2 Å². The highest BCUT2D eigenvalue weighted by atomic mass is 35.5. The third-order valence-corrected chi connectivity index (χ3v) is 3.96. The molecule has 0 aliphatic carbocycles. The van der Waals surface area contributed by atoms with E-state index in [-0.39, 0.29) is 0 Å². The maximum Gasteiger partial charge on any atom is 0.143 e. The van der Waals surface area contributed by atoms with Gasteiger partial charge in [0.2, 0.25) is 0 Å². The second-order valence-corrected chi connectivity index (χ2v) is 5.18. The number of aromatic nitrogens is 3. The molecule has 0 amide bonds. The Morgan fingerprint density at radius 1 is 1.39 bits per heavy atom. The molecule has 0 aliphatic rings. The zero-order chi connectivity index (χ0) is 12.7. The molecule has 1 aromatic carbocycles. The van der Waals surface area contributed by atoms with Crippen LogP contribution in [-0.4, -0.2) is 21.4 Å². The first-order valence-electron chi connectivity index (χ1n) is 5.48. The summed E-state index contributed by atoms with van der Waals surface area (Å²) in [5.41, 5.74) is 3.83.